The fourth-order valence-electron chi connectivity index (χ4n) is 3.65. The third-order valence-electron chi connectivity index (χ3n) is 5.31. The van der Waals surface area contributed by atoms with E-state index in [2.05, 4.69) is 24.9 Å². The van der Waals surface area contributed by atoms with E-state index in [0.29, 0.717) is 11.6 Å². The molecule has 0 aliphatic rings. The molecule has 3 heterocycles. The van der Waals surface area contributed by atoms with E-state index in [4.69, 9.17) is 4.74 Å². The van der Waals surface area contributed by atoms with E-state index in [0.717, 1.165) is 39.7 Å². The van der Waals surface area contributed by atoms with Gasteiger partial charge in [-0.1, -0.05) is 6.07 Å². The van der Waals surface area contributed by atoms with Gasteiger partial charge in [-0.2, -0.15) is 14.9 Å². The smallest absolute Gasteiger partial charge is 0.241 e. The molecule has 0 spiro atoms. The van der Waals surface area contributed by atoms with E-state index >= 15 is 0 Å². The van der Waals surface area contributed by atoms with Gasteiger partial charge in [0.2, 0.25) is 10.8 Å². The van der Waals surface area contributed by atoms with Gasteiger partial charge in [-0.25, -0.2) is 13.8 Å². The van der Waals surface area contributed by atoms with Crippen molar-refractivity contribution in [3.05, 3.63) is 91.0 Å². The van der Waals surface area contributed by atoms with Gasteiger partial charge in [0.15, 0.2) is 5.82 Å². The van der Waals surface area contributed by atoms with Gasteiger partial charge in [-0.3, -0.25) is 4.98 Å². The van der Waals surface area contributed by atoms with Gasteiger partial charge in [0, 0.05) is 41.0 Å². The lowest BCUT2D eigenvalue weighted by atomic mass is 9.99. The molecular formula is C25H17F2N5O2S. The van der Waals surface area contributed by atoms with Crippen molar-refractivity contribution in [1.82, 2.24) is 20.2 Å². The van der Waals surface area contributed by atoms with Crippen LogP contribution in [0.4, 0.5) is 14.5 Å². The zero-order valence-corrected chi connectivity index (χ0v) is 19.1. The first-order valence-corrected chi connectivity index (χ1v) is 11.5. The maximum Gasteiger partial charge on any atom is 0.241 e. The monoisotopic (exact) mass is 489 g/mol. The molecule has 35 heavy (non-hydrogen) atoms. The van der Waals surface area contributed by atoms with Crippen LogP contribution in [0.15, 0.2) is 84.3 Å². The van der Waals surface area contributed by atoms with Crippen LogP contribution in [-0.2, 0) is 11.4 Å². The molecule has 0 radical (unpaired) electrons. The summed E-state index contributed by atoms with van der Waals surface area (Å²) in [6.07, 6.45) is 6.67. The molecular weight excluding hydrogens is 472 g/mol. The Morgan fingerprint density at radius 1 is 0.857 bits per heavy atom. The number of pyridine rings is 2. The quantitative estimate of drug-likeness (QED) is 0.329. The van der Waals surface area contributed by atoms with E-state index in [1.807, 2.05) is 30.3 Å². The second-order valence-electron chi connectivity index (χ2n) is 7.45. The Kier molecular flexibility index (Phi) is 6.21. The predicted molar refractivity (Wildman–Crippen MR) is 129 cm³/mol. The zero-order chi connectivity index (χ0) is 24.4. The molecule has 0 fully saturated rings. The van der Waals surface area contributed by atoms with Crippen molar-refractivity contribution in [3.63, 3.8) is 0 Å². The third kappa shape index (κ3) is 4.61. The zero-order valence-electron chi connectivity index (χ0n) is 18.3. The minimum Gasteiger partial charge on any atom is -0.588 e. The highest BCUT2D eigenvalue weighted by atomic mass is 32.2. The molecule has 1 N–H and O–H groups in total. The minimum atomic E-state index is -2.02. The summed E-state index contributed by atoms with van der Waals surface area (Å²) >= 11 is -2.02. The van der Waals surface area contributed by atoms with Gasteiger partial charge in [-0.05, 0) is 47.5 Å². The molecule has 1 unspecified atom stereocenters. The van der Waals surface area contributed by atoms with Gasteiger partial charge in [0.25, 0.3) is 0 Å². The van der Waals surface area contributed by atoms with Crippen molar-refractivity contribution in [1.29, 1.82) is 0 Å². The van der Waals surface area contributed by atoms with Crippen LogP contribution in [0.25, 0.3) is 33.2 Å². The van der Waals surface area contributed by atoms with Gasteiger partial charge < -0.3 is 9.29 Å². The van der Waals surface area contributed by atoms with Crippen LogP contribution in [-0.4, -0.2) is 31.8 Å². The standard InChI is InChI=1S/C25H17F2N5O2S/c1-34-25-23(32-35(33)24-5-3-18(26)12-21(24)27)11-17(13-29-25)15-2-4-22-20(10-15)19(7-8-28-22)16-6-9-30-31-14-16/h2-14,32H,1H3. The van der Waals surface area contributed by atoms with Crippen molar-refractivity contribution < 1.29 is 18.1 Å². The first kappa shape index (κ1) is 22.6. The van der Waals surface area contributed by atoms with E-state index in [-0.39, 0.29) is 16.5 Å². The van der Waals surface area contributed by atoms with Gasteiger partial charge >= 0.3 is 0 Å². The lowest BCUT2D eigenvalue weighted by molar-refractivity contribution is 0.400. The summed E-state index contributed by atoms with van der Waals surface area (Å²) in [6, 6.07) is 14.1. The van der Waals surface area contributed by atoms with Crippen molar-refractivity contribution in [2.45, 2.75) is 4.90 Å². The number of hydrogen-bond acceptors (Lipinski definition) is 7. The lowest BCUT2D eigenvalue weighted by Gasteiger charge is -2.15. The second-order valence-corrected chi connectivity index (χ2v) is 8.63. The number of halogens is 2. The number of fused-ring (bicyclic) bond motifs is 1. The molecule has 2 aromatic carbocycles. The molecule has 0 saturated heterocycles. The highest BCUT2D eigenvalue weighted by Gasteiger charge is 2.21. The number of anilines is 1. The maximum atomic E-state index is 14.1. The first-order valence-electron chi connectivity index (χ1n) is 10.4. The topological polar surface area (TPSA) is 95.9 Å². The van der Waals surface area contributed by atoms with Crippen LogP contribution in [0.3, 0.4) is 0 Å². The fourth-order valence-corrected chi connectivity index (χ4v) is 4.54. The average molecular weight is 490 g/mol. The van der Waals surface area contributed by atoms with E-state index < -0.39 is 23.0 Å². The van der Waals surface area contributed by atoms with Crippen LogP contribution >= 0.6 is 0 Å². The molecule has 10 heteroatoms. The predicted octanol–water partition coefficient (Wildman–Crippen LogP) is 5.18. The summed E-state index contributed by atoms with van der Waals surface area (Å²) in [5.74, 6) is -1.49. The van der Waals surface area contributed by atoms with E-state index in [1.54, 1.807) is 30.9 Å². The molecule has 0 aliphatic carbocycles. The Morgan fingerprint density at radius 2 is 1.74 bits per heavy atom. The van der Waals surface area contributed by atoms with Crippen LogP contribution < -0.4 is 9.46 Å². The Morgan fingerprint density at radius 3 is 2.51 bits per heavy atom. The summed E-state index contributed by atoms with van der Waals surface area (Å²) in [6.45, 7) is 0. The molecule has 0 aliphatic heterocycles. The number of ether oxygens (including phenoxy) is 1. The Hall–Kier alpha value is -4.15. The summed E-state index contributed by atoms with van der Waals surface area (Å²) in [5.41, 5.74) is 4.46. The summed E-state index contributed by atoms with van der Waals surface area (Å²) < 4.78 is 48.1. The molecule has 3 aromatic heterocycles. The molecule has 0 saturated carbocycles. The Balaban J connectivity index is 1.54. The van der Waals surface area contributed by atoms with Crippen LogP contribution in [0.2, 0.25) is 0 Å². The minimum absolute atomic E-state index is 0.177. The molecule has 5 aromatic rings. The third-order valence-corrected chi connectivity index (χ3v) is 6.45. The number of nitrogens with zero attached hydrogens (tertiary/aromatic N) is 4. The number of nitrogens with one attached hydrogen (secondary N) is 1. The van der Waals surface area contributed by atoms with E-state index in [9.17, 15) is 13.3 Å². The van der Waals surface area contributed by atoms with Crippen molar-refractivity contribution in [2.24, 2.45) is 0 Å². The number of methoxy groups -OCH3 is 1. The number of aromatic nitrogens is 4. The van der Waals surface area contributed by atoms with Crippen LogP contribution in [0, 0.1) is 11.6 Å². The first-order chi connectivity index (χ1) is 17.0. The van der Waals surface area contributed by atoms with Gasteiger partial charge in [0.05, 0.1) is 25.0 Å². The molecule has 7 nitrogen and oxygen atoms in total. The molecule has 174 valence electrons. The molecule has 1 atom stereocenters. The highest BCUT2D eigenvalue weighted by molar-refractivity contribution is 7.92. The largest absolute Gasteiger partial charge is 0.588 e. The number of benzene rings is 2. The highest BCUT2D eigenvalue weighted by Crippen LogP contribution is 2.34. The molecule has 5 rings (SSSR count). The van der Waals surface area contributed by atoms with Crippen molar-refractivity contribution in [3.8, 4) is 28.1 Å². The maximum absolute atomic E-state index is 14.1. The SMILES string of the molecule is COc1ncc(-c2ccc3nccc(-c4ccnnc4)c3c2)cc1N[S+]([O-])c1ccc(F)cc1F. The Bertz CT molecular complexity index is 1520. The second kappa shape index (κ2) is 9.61. The van der Waals surface area contributed by atoms with Crippen LogP contribution in [0.5, 0.6) is 5.88 Å². The summed E-state index contributed by atoms with van der Waals surface area (Å²) in [4.78, 5) is 8.57. The van der Waals surface area contributed by atoms with Crippen molar-refractivity contribution in [2.75, 3.05) is 11.8 Å². The average Bonchev–Trinajstić information content (AvgIpc) is 2.88. The normalized spacial score (nSPS) is 11.9. The molecule has 0 amide bonds. The fraction of sp³-hybridized carbons (Fsp3) is 0.0400. The van der Waals surface area contributed by atoms with Gasteiger partial charge in [-0.15, -0.1) is 0 Å². The van der Waals surface area contributed by atoms with Crippen LogP contribution in [0.1, 0.15) is 0 Å². The van der Waals surface area contributed by atoms with E-state index in [1.165, 1.54) is 7.11 Å². The Labute approximate surface area is 202 Å². The lowest BCUT2D eigenvalue weighted by Crippen LogP contribution is -2.15. The molecule has 0 bridgehead atoms. The summed E-state index contributed by atoms with van der Waals surface area (Å²) in [7, 11) is 1.42. The number of rotatable bonds is 6. The van der Waals surface area contributed by atoms with Crippen molar-refractivity contribution >= 4 is 28.0 Å². The van der Waals surface area contributed by atoms with Gasteiger partial charge in [0.1, 0.15) is 22.9 Å². The summed E-state index contributed by atoms with van der Waals surface area (Å²) in [5, 5.41) is 8.70. The number of hydrogen-bond donors (Lipinski definition) is 1.